The third-order valence-electron chi connectivity index (χ3n) is 3.74. The van der Waals surface area contributed by atoms with Gasteiger partial charge in [0.1, 0.15) is 0 Å². The van der Waals surface area contributed by atoms with Crippen molar-refractivity contribution in [2.45, 2.75) is 47.1 Å². The zero-order valence-electron chi connectivity index (χ0n) is 13.1. The second-order valence-electron chi connectivity index (χ2n) is 7.27. The average molecular weight is 270 g/mol. The van der Waals surface area contributed by atoms with Crippen LogP contribution in [0.5, 0.6) is 0 Å². The smallest absolute Gasteiger partial charge is 0.224 e. The van der Waals surface area contributed by atoms with Crippen LogP contribution in [-0.4, -0.2) is 48.2 Å². The molecule has 1 amide bonds. The second kappa shape index (κ2) is 6.71. The number of carbonyl (C=O) groups is 1. The van der Waals surface area contributed by atoms with Crippen molar-refractivity contribution < 1.29 is 9.90 Å². The minimum atomic E-state index is -0.496. The maximum absolute atomic E-state index is 12.1. The van der Waals surface area contributed by atoms with Gasteiger partial charge in [0.25, 0.3) is 0 Å². The van der Waals surface area contributed by atoms with E-state index in [1.165, 1.54) is 0 Å². The lowest BCUT2D eigenvalue weighted by Crippen LogP contribution is -2.42. The zero-order chi connectivity index (χ0) is 14.6. The summed E-state index contributed by atoms with van der Waals surface area (Å²) in [6.07, 6.45) is 0.439. The third-order valence-corrected chi connectivity index (χ3v) is 3.74. The zero-order valence-corrected chi connectivity index (χ0v) is 13.1. The molecule has 0 bridgehead atoms. The molecular weight excluding hydrogens is 240 g/mol. The summed E-state index contributed by atoms with van der Waals surface area (Å²) in [6, 6.07) is 0. The predicted octanol–water partition coefficient (Wildman–Crippen LogP) is 1.49. The molecule has 1 fully saturated rings. The molecule has 1 saturated heterocycles. The van der Waals surface area contributed by atoms with Crippen LogP contribution in [0.2, 0.25) is 0 Å². The summed E-state index contributed by atoms with van der Waals surface area (Å²) in [5.74, 6) is 0.824. The van der Waals surface area contributed by atoms with Crippen molar-refractivity contribution in [2.24, 2.45) is 17.3 Å². The lowest BCUT2D eigenvalue weighted by atomic mass is 9.89. The number of likely N-dealkylation sites (tertiary alicyclic amines) is 1. The Morgan fingerprint density at radius 3 is 2.58 bits per heavy atom. The van der Waals surface area contributed by atoms with Gasteiger partial charge >= 0.3 is 0 Å². The largest absolute Gasteiger partial charge is 0.391 e. The van der Waals surface area contributed by atoms with Gasteiger partial charge < -0.3 is 15.3 Å². The molecule has 0 aromatic carbocycles. The van der Waals surface area contributed by atoms with E-state index in [1.54, 1.807) is 0 Å². The van der Waals surface area contributed by atoms with Gasteiger partial charge in [-0.2, -0.15) is 0 Å². The Labute approximate surface area is 117 Å². The first-order chi connectivity index (χ1) is 8.70. The van der Waals surface area contributed by atoms with Gasteiger partial charge in [-0.1, -0.05) is 34.6 Å². The Kier molecular flexibility index (Phi) is 5.81. The van der Waals surface area contributed by atoms with Gasteiger partial charge in [0.05, 0.1) is 12.0 Å². The molecule has 0 aromatic heterocycles. The van der Waals surface area contributed by atoms with Gasteiger partial charge in [0, 0.05) is 19.6 Å². The van der Waals surface area contributed by atoms with Crippen LogP contribution in [0.4, 0.5) is 0 Å². The van der Waals surface area contributed by atoms with Crippen LogP contribution in [0, 0.1) is 17.3 Å². The number of nitrogens with one attached hydrogen (secondary N) is 1. The quantitative estimate of drug-likeness (QED) is 0.796. The molecule has 2 atom stereocenters. The second-order valence-corrected chi connectivity index (χ2v) is 7.27. The first-order valence-electron chi connectivity index (χ1n) is 7.38. The number of nitrogens with zero attached hydrogens (tertiary/aromatic N) is 1. The van der Waals surface area contributed by atoms with E-state index >= 15 is 0 Å². The highest BCUT2D eigenvalue weighted by molar-refractivity contribution is 5.79. The number of aliphatic hydroxyl groups excluding tert-OH is 1. The fourth-order valence-corrected chi connectivity index (χ4v) is 2.38. The molecule has 0 aliphatic carbocycles. The molecular formula is C15H30N2O2. The summed E-state index contributed by atoms with van der Waals surface area (Å²) in [7, 11) is 0. The van der Waals surface area contributed by atoms with Crippen LogP contribution >= 0.6 is 0 Å². The van der Waals surface area contributed by atoms with Crippen LogP contribution in [0.3, 0.4) is 0 Å². The van der Waals surface area contributed by atoms with E-state index in [0.717, 1.165) is 26.1 Å². The van der Waals surface area contributed by atoms with Crippen molar-refractivity contribution in [1.82, 2.24) is 10.2 Å². The number of hydrogen-bond acceptors (Lipinski definition) is 3. The monoisotopic (exact) mass is 270 g/mol. The number of rotatable bonds is 5. The van der Waals surface area contributed by atoms with Crippen molar-refractivity contribution in [2.75, 3.05) is 26.2 Å². The van der Waals surface area contributed by atoms with Crippen molar-refractivity contribution in [3.05, 3.63) is 0 Å². The van der Waals surface area contributed by atoms with E-state index in [2.05, 4.69) is 24.1 Å². The fourth-order valence-electron chi connectivity index (χ4n) is 2.38. The maximum Gasteiger partial charge on any atom is 0.224 e. The van der Waals surface area contributed by atoms with Gasteiger partial charge in [0.2, 0.25) is 5.91 Å². The summed E-state index contributed by atoms with van der Waals surface area (Å²) < 4.78 is 0. The van der Waals surface area contributed by atoms with Gasteiger partial charge in [-0.05, 0) is 24.3 Å². The van der Waals surface area contributed by atoms with Crippen LogP contribution in [0.25, 0.3) is 0 Å². The number of amides is 1. The van der Waals surface area contributed by atoms with Crippen LogP contribution in [0.15, 0.2) is 0 Å². The topological polar surface area (TPSA) is 52.6 Å². The summed E-state index contributed by atoms with van der Waals surface area (Å²) in [6.45, 7) is 13.6. The first kappa shape index (κ1) is 16.4. The SMILES string of the molecule is CC(C)CN1CCC(C(=O)NCC(O)C(C)(C)C)C1. The first-order valence-corrected chi connectivity index (χ1v) is 7.38. The molecule has 19 heavy (non-hydrogen) atoms. The standard InChI is InChI=1S/C15H30N2O2/c1-11(2)9-17-7-6-12(10-17)14(19)16-8-13(18)15(3,4)5/h11-13,18H,6-10H2,1-5H3,(H,16,19). The third kappa shape index (κ3) is 5.49. The molecule has 4 nitrogen and oxygen atoms in total. The van der Waals surface area contributed by atoms with Crippen molar-refractivity contribution in [3.63, 3.8) is 0 Å². The normalized spacial score (nSPS) is 22.8. The molecule has 0 spiro atoms. The molecule has 1 aliphatic rings. The lowest BCUT2D eigenvalue weighted by molar-refractivity contribution is -0.125. The Bertz CT molecular complexity index is 297. The molecule has 112 valence electrons. The van der Waals surface area contributed by atoms with Crippen LogP contribution < -0.4 is 5.32 Å². The van der Waals surface area contributed by atoms with E-state index in [1.807, 2.05) is 20.8 Å². The summed E-state index contributed by atoms with van der Waals surface area (Å²) in [5, 5.41) is 12.8. The summed E-state index contributed by atoms with van der Waals surface area (Å²) in [5.41, 5.74) is -0.188. The predicted molar refractivity (Wildman–Crippen MR) is 77.9 cm³/mol. The van der Waals surface area contributed by atoms with E-state index < -0.39 is 6.10 Å². The van der Waals surface area contributed by atoms with E-state index in [4.69, 9.17) is 0 Å². The molecule has 1 aliphatic heterocycles. The number of aliphatic hydroxyl groups is 1. The van der Waals surface area contributed by atoms with Crippen molar-refractivity contribution in [1.29, 1.82) is 0 Å². The lowest BCUT2D eigenvalue weighted by Gasteiger charge is -2.26. The Morgan fingerprint density at radius 2 is 2.05 bits per heavy atom. The molecule has 2 N–H and O–H groups in total. The molecule has 4 heteroatoms. The van der Waals surface area contributed by atoms with Crippen molar-refractivity contribution in [3.8, 4) is 0 Å². The molecule has 0 radical (unpaired) electrons. The highest BCUT2D eigenvalue weighted by Gasteiger charge is 2.29. The minimum Gasteiger partial charge on any atom is -0.391 e. The number of hydrogen-bond donors (Lipinski definition) is 2. The average Bonchev–Trinajstić information content (AvgIpc) is 2.71. The minimum absolute atomic E-state index is 0.0888. The number of carbonyl (C=O) groups excluding carboxylic acids is 1. The molecule has 1 rings (SSSR count). The fraction of sp³-hybridized carbons (Fsp3) is 0.933. The maximum atomic E-state index is 12.1. The summed E-state index contributed by atoms with van der Waals surface area (Å²) in [4.78, 5) is 14.4. The molecule has 0 saturated carbocycles. The van der Waals surface area contributed by atoms with Gasteiger partial charge in [-0.3, -0.25) is 4.79 Å². The summed E-state index contributed by atoms with van der Waals surface area (Å²) >= 11 is 0. The highest BCUT2D eigenvalue weighted by atomic mass is 16.3. The van der Waals surface area contributed by atoms with Crippen molar-refractivity contribution >= 4 is 5.91 Å². The molecule has 2 unspecified atom stereocenters. The van der Waals surface area contributed by atoms with Gasteiger partial charge in [0.15, 0.2) is 0 Å². The van der Waals surface area contributed by atoms with Crippen LogP contribution in [0.1, 0.15) is 41.0 Å². The Balaban J connectivity index is 2.32. The van der Waals surface area contributed by atoms with E-state index in [-0.39, 0.29) is 17.2 Å². The Morgan fingerprint density at radius 1 is 1.42 bits per heavy atom. The molecule has 1 heterocycles. The van der Waals surface area contributed by atoms with Crippen LogP contribution in [-0.2, 0) is 4.79 Å². The van der Waals surface area contributed by atoms with E-state index in [0.29, 0.717) is 12.5 Å². The van der Waals surface area contributed by atoms with E-state index in [9.17, 15) is 9.90 Å². The Hall–Kier alpha value is -0.610. The van der Waals surface area contributed by atoms with Gasteiger partial charge in [-0.15, -0.1) is 0 Å². The molecule has 0 aromatic rings. The highest BCUT2D eigenvalue weighted by Crippen LogP contribution is 2.20. The van der Waals surface area contributed by atoms with Gasteiger partial charge in [-0.25, -0.2) is 0 Å².